The molecule has 1 N–H and O–H groups in total. The van der Waals surface area contributed by atoms with Crippen molar-refractivity contribution in [2.45, 2.75) is 19.4 Å². The summed E-state index contributed by atoms with van der Waals surface area (Å²) in [6.07, 6.45) is 0.563. The molecular weight excluding hydrogens is 260 g/mol. The van der Waals surface area contributed by atoms with Gasteiger partial charge in [0.25, 0.3) is 0 Å². The second kappa shape index (κ2) is 5.33. The smallest absolute Gasteiger partial charge is 0.226 e. The summed E-state index contributed by atoms with van der Waals surface area (Å²) in [4.78, 5) is 14.4. The fourth-order valence-electron chi connectivity index (χ4n) is 2.71. The molecule has 0 aliphatic carbocycles. The van der Waals surface area contributed by atoms with Crippen LogP contribution in [0.25, 0.3) is 0 Å². The third kappa shape index (κ3) is 2.39. The summed E-state index contributed by atoms with van der Waals surface area (Å²) in [6.45, 7) is 3.55. The first-order valence-electron chi connectivity index (χ1n) is 6.69. The number of ether oxygens (including phenoxy) is 1. The van der Waals surface area contributed by atoms with Gasteiger partial charge in [0, 0.05) is 30.5 Å². The van der Waals surface area contributed by atoms with Crippen LogP contribution in [0.5, 0.6) is 5.75 Å². The minimum absolute atomic E-state index is 0.0865. The molecule has 1 amide bonds. The lowest BCUT2D eigenvalue weighted by Crippen LogP contribution is -2.42. The summed E-state index contributed by atoms with van der Waals surface area (Å²) in [5.74, 6) is 2.99. The van der Waals surface area contributed by atoms with Gasteiger partial charge in [-0.2, -0.15) is 11.8 Å². The van der Waals surface area contributed by atoms with E-state index in [-0.39, 0.29) is 5.91 Å². The van der Waals surface area contributed by atoms with Crippen molar-refractivity contribution in [3.05, 3.63) is 18.2 Å². The average molecular weight is 278 g/mol. The zero-order valence-corrected chi connectivity index (χ0v) is 11.8. The van der Waals surface area contributed by atoms with Crippen LogP contribution in [0.4, 0.5) is 11.4 Å². The fourth-order valence-corrected chi connectivity index (χ4v) is 3.77. The number of nitrogens with zero attached hydrogens (tertiary/aromatic N) is 1. The van der Waals surface area contributed by atoms with Crippen LogP contribution in [-0.2, 0) is 4.79 Å². The van der Waals surface area contributed by atoms with Gasteiger partial charge in [-0.25, -0.2) is 0 Å². The van der Waals surface area contributed by atoms with E-state index in [1.54, 1.807) is 0 Å². The lowest BCUT2D eigenvalue weighted by atomic mass is 10.1. The summed E-state index contributed by atoms with van der Waals surface area (Å²) >= 11 is 1.93. The average Bonchev–Trinajstić information content (AvgIpc) is 2.56. The third-order valence-electron chi connectivity index (χ3n) is 3.53. The molecule has 0 saturated carbocycles. The molecule has 4 nitrogen and oxygen atoms in total. The Morgan fingerprint density at radius 3 is 3.26 bits per heavy atom. The van der Waals surface area contributed by atoms with Crippen LogP contribution >= 0.6 is 11.8 Å². The molecule has 1 unspecified atom stereocenters. The Hall–Kier alpha value is -1.36. The Kier molecular flexibility index (Phi) is 3.55. The van der Waals surface area contributed by atoms with Gasteiger partial charge >= 0.3 is 0 Å². The molecule has 1 saturated heterocycles. The Balaban J connectivity index is 2.05. The van der Waals surface area contributed by atoms with E-state index in [0.29, 0.717) is 19.1 Å². The van der Waals surface area contributed by atoms with Crippen molar-refractivity contribution >= 4 is 29.0 Å². The maximum Gasteiger partial charge on any atom is 0.226 e. The van der Waals surface area contributed by atoms with Crippen molar-refractivity contribution in [1.82, 2.24) is 0 Å². The lowest BCUT2D eigenvalue weighted by Gasteiger charge is -2.35. The molecule has 19 heavy (non-hydrogen) atoms. The van der Waals surface area contributed by atoms with Gasteiger partial charge in [-0.3, -0.25) is 4.79 Å². The summed E-state index contributed by atoms with van der Waals surface area (Å²) in [6, 6.07) is 6.30. The lowest BCUT2D eigenvalue weighted by molar-refractivity contribution is -0.116. The molecule has 5 heteroatoms. The quantitative estimate of drug-likeness (QED) is 0.901. The van der Waals surface area contributed by atoms with E-state index in [0.717, 1.165) is 35.2 Å². The molecule has 0 radical (unpaired) electrons. The minimum Gasteiger partial charge on any atom is -0.492 e. The van der Waals surface area contributed by atoms with Gasteiger partial charge in [-0.05, 0) is 19.1 Å². The minimum atomic E-state index is 0.0865. The number of carbonyl (C=O) groups is 1. The highest BCUT2D eigenvalue weighted by Crippen LogP contribution is 2.40. The number of carbonyl (C=O) groups excluding carboxylic acids is 1. The third-order valence-corrected chi connectivity index (χ3v) is 4.62. The van der Waals surface area contributed by atoms with Crippen LogP contribution in [0.1, 0.15) is 13.3 Å². The molecule has 0 spiro atoms. The molecule has 102 valence electrons. The Morgan fingerprint density at radius 1 is 1.53 bits per heavy atom. The van der Waals surface area contributed by atoms with E-state index >= 15 is 0 Å². The van der Waals surface area contributed by atoms with Crippen LogP contribution in [0.15, 0.2) is 18.2 Å². The highest BCUT2D eigenvalue weighted by Gasteiger charge is 2.31. The molecule has 2 aliphatic rings. The number of hydrogen-bond acceptors (Lipinski definition) is 4. The summed E-state index contributed by atoms with van der Waals surface area (Å²) in [5, 5.41) is 3.02. The van der Waals surface area contributed by atoms with Crippen molar-refractivity contribution in [3.63, 3.8) is 0 Å². The maximum absolute atomic E-state index is 12.1. The van der Waals surface area contributed by atoms with E-state index in [1.807, 2.05) is 30.8 Å². The van der Waals surface area contributed by atoms with Gasteiger partial charge in [0.05, 0.1) is 12.3 Å². The molecular formula is C14H18N2O2S. The Morgan fingerprint density at radius 2 is 2.42 bits per heavy atom. The molecule has 0 bridgehead atoms. The zero-order valence-electron chi connectivity index (χ0n) is 11.0. The molecule has 1 atom stereocenters. The SMILES string of the molecule is CCOc1cccc2c1NC(=O)CC1CSCCN21. The number of rotatable bonds is 2. The zero-order chi connectivity index (χ0) is 13.2. The highest BCUT2D eigenvalue weighted by atomic mass is 32.2. The van der Waals surface area contributed by atoms with Crippen LogP contribution in [-0.4, -0.2) is 36.6 Å². The van der Waals surface area contributed by atoms with Crippen LogP contribution in [0.2, 0.25) is 0 Å². The highest BCUT2D eigenvalue weighted by molar-refractivity contribution is 7.99. The number of hydrogen-bond donors (Lipinski definition) is 1. The van der Waals surface area contributed by atoms with Gasteiger partial charge in [-0.15, -0.1) is 0 Å². The largest absolute Gasteiger partial charge is 0.492 e. The molecule has 0 aromatic heterocycles. The molecule has 1 aromatic rings. The van der Waals surface area contributed by atoms with E-state index < -0.39 is 0 Å². The number of thioether (sulfide) groups is 1. The number of anilines is 2. The van der Waals surface area contributed by atoms with Gasteiger partial charge in [0.2, 0.25) is 5.91 Å². The van der Waals surface area contributed by atoms with Crippen molar-refractivity contribution < 1.29 is 9.53 Å². The van der Waals surface area contributed by atoms with Gasteiger partial charge in [0.15, 0.2) is 0 Å². The summed E-state index contributed by atoms with van der Waals surface area (Å²) in [7, 11) is 0. The molecule has 3 rings (SSSR count). The number of benzene rings is 1. The standard InChI is InChI=1S/C14H18N2O2S/c1-2-18-12-5-3-4-11-14(12)15-13(17)8-10-9-19-7-6-16(10)11/h3-5,10H,2,6-9H2,1H3,(H,15,17). The van der Waals surface area contributed by atoms with Crippen molar-refractivity contribution in [1.29, 1.82) is 0 Å². The molecule has 2 heterocycles. The monoisotopic (exact) mass is 278 g/mol. The fraction of sp³-hybridized carbons (Fsp3) is 0.500. The number of amides is 1. The predicted molar refractivity (Wildman–Crippen MR) is 79.3 cm³/mol. The first kappa shape index (κ1) is 12.7. The van der Waals surface area contributed by atoms with Gasteiger partial charge in [0.1, 0.15) is 11.4 Å². The van der Waals surface area contributed by atoms with Crippen molar-refractivity contribution in [2.24, 2.45) is 0 Å². The predicted octanol–water partition coefficient (Wildman–Crippen LogP) is 2.35. The van der Waals surface area contributed by atoms with E-state index in [2.05, 4.69) is 16.3 Å². The molecule has 2 aliphatic heterocycles. The van der Waals surface area contributed by atoms with Crippen LogP contribution < -0.4 is 15.0 Å². The van der Waals surface area contributed by atoms with Gasteiger partial charge in [-0.1, -0.05) is 6.07 Å². The van der Waals surface area contributed by atoms with Crippen molar-refractivity contribution in [3.8, 4) is 5.75 Å². The first-order valence-corrected chi connectivity index (χ1v) is 7.85. The second-order valence-electron chi connectivity index (χ2n) is 4.76. The molecule has 1 fully saturated rings. The number of fused-ring (bicyclic) bond motifs is 3. The Labute approximate surface area is 117 Å². The van der Waals surface area contributed by atoms with E-state index in [9.17, 15) is 4.79 Å². The number of para-hydroxylation sites is 1. The summed E-state index contributed by atoms with van der Waals surface area (Å²) < 4.78 is 5.64. The maximum atomic E-state index is 12.1. The van der Waals surface area contributed by atoms with E-state index in [4.69, 9.17) is 4.74 Å². The first-order chi connectivity index (χ1) is 9.29. The topological polar surface area (TPSA) is 41.6 Å². The van der Waals surface area contributed by atoms with Crippen LogP contribution in [0.3, 0.4) is 0 Å². The van der Waals surface area contributed by atoms with E-state index in [1.165, 1.54) is 0 Å². The van der Waals surface area contributed by atoms with Crippen molar-refractivity contribution in [2.75, 3.05) is 34.9 Å². The summed E-state index contributed by atoms with van der Waals surface area (Å²) in [5.41, 5.74) is 1.94. The molecule has 1 aromatic carbocycles. The normalized spacial score (nSPS) is 22.1. The number of nitrogens with one attached hydrogen (secondary N) is 1. The van der Waals surface area contributed by atoms with Crippen LogP contribution in [0, 0.1) is 0 Å². The second-order valence-corrected chi connectivity index (χ2v) is 5.91. The Bertz CT molecular complexity index is 492. The van der Waals surface area contributed by atoms with Gasteiger partial charge < -0.3 is 15.0 Å².